The maximum absolute atomic E-state index is 11.2. The van der Waals surface area contributed by atoms with Crippen LogP contribution in [0.2, 0.25) is 0 Å². The maximum Gasteiger partial charge on any atom is 0.354 e. The highest BCUT2D eigenvalue weighted by atomic mass is 32.1. The van der Waals surface area contributed by atoms with E-state index in [9.17, 15) is 9.90 Å². The Balaban J connectivity index is 1.79. The Morgan fingerprint density at radius 3 is 2.74 bits per heavy atom. The van der Waals surface area contributed by atoms with Gasteiger partial charge in [0.1, 0.15) is 10.7 Å². The molecule has 118 valence electrons. The molecule has 7 heteroatoms. The molecule has 0 bridgehead atoms. The van der Waals surface area contributed by atoms with Gasteiger partial charge in [0, 0.05) is 30.2 Å². The van der Waals surface area contributed by atoms with E-state index in [0.717, 1.165) is 5.01 Å². The SMILES string of the molecule is O=C(O)c1[nH]ncc1CN(Cc1ccccc1)Cc1nccs1. The monoisotopic (exact) mass is 328 g/mol. The number of H-pyrrole nitrogens is 1. The lowest BCUT2D eigenvalue weighted by atomic mass is 10.2. The topological polar surface area (TPSA) is 82.1 Å². The predicted molar refractivity (Wildman–Crippen MR) is 87.1 cm³/mol. The zero-order chi connectivity index (χ0) is 16.1. The molecule has 3 aromatic rings. The smallest absolute Gasteiger partial charge is 0.354 e. The number of nitrogens with zero attached hydrogens (tertiary/aromatic N) is 3. The number of aromatic amines is 1. The highest BCUT2D eigenvalue weighted by molar-refractivity contribution is 7.09. The van der Waals surface area contributed by atoms with E-state index < -0.39 is 5.97 Å². The van der Waals surface area contributed by atoms with Gasteiger partial charge in [0.25, 0.3) is 0 Å². The van der Waals surface area contributed by atoms with Crippen LogP contribution in [0.25, 0.3) is 0 Å². The number of hydrogen-bond acceptors (Lipinski definition) is 5. The van der Waals surface area contributed by atoms with Gasteiger partial charge < -0.3 is 5.11 Å². The number of hydrogen-bond donors (Lipinski definition) is 2. The van der Waals surface area contributed by atoms with Crippen LogP contribution in [0.1, 0.15) is 26.6 Å². The van der Waals surface area contributed by atoms with Crippen LogP contribution in [0.15, 0.2) is 48.1 Å². The molecule has 6 nitrogen and oxygen atoms in total. The quantitative estimate of drug-likeness (QED) is 0.697. The fraction of sp³-hybridized carbons (Fsp3) is 0.188. The summed E-state index contributed by atoms with van der Waals surface area (Å²) in [7, 11) is 0. The van der Waals surface area contributed by atoms with Crippen molar-refractivity contribution in [2.75, 3.05) is 0 Å². The number of aromatic carboxylic acids is 1. The van der Waals surface area contributed by atoms with Crippen molar-refractivity contribution < 1.29 is 9.90 Å². The number of carbonyl (C=O) groups is 1. The summed E-state index contributed by atoms with van der Waals surface area (Å²) in [6.07, 6.45) is 3.35. The number of carboxylic acids is 1. The van der Waals surface area contributed by atoms with Gasteiger partial charge in [0.2, 0.25) is 0 Å². The van der Waals surface area contributed by atoms with Crippen LogP contribution in [0.5, 0.6) is 0 Å². The van der Waals surface area contributed by atoms with Crippen molar-refractivity contribution in [3.05, 3.63) is 69.9 Å². The van der Waals surface area contributed by atoms with Gasteiger partial charge >= 0.3 is 5.97 Å². The highest BCUT2D eigenvalue weighted by Gasteiger charge is 2.17. The molecule has 0 aliphatic rings. The van der Waals surface area contributed by atoms with Crippen molar-refractivity contribution in [3.63, 3.8) is 0 Å². The molecule has 0 fully saturated rings. The summed E-state index contributed by atoms with van der Waals surface area (Å²) in [5.74, 6) is -0.994. The summed E-state index contributed by atoms with van der Waals surface area (Å²) >= 11 is 1.59. The molecule has 0 saturated carbocycles. The molecule has 23 heavy (non-hydrogen) atoms. The number of thiazole rings is 1. The third-order valence-corrected chi connectivity index (χ3v) is 4.18. The third-order valence-electron chi connectivity index (χ3n) is 3.42. The Labute approximate surface area is 137 Å². The van der Waals surface area contributed by atoms with Gasteiger partial charge in [-0.1, -0.05) is 30.3 Å². The normalized spacial score (nSPS) is 11.0. The van der Waals surface area contributed by atoms with Crippen molar-refractivity contribution in [2.45, 2.75) is 19.6 Å². The zero-order valence-corrected chi connectivity index (χ0v) is 13.2. The van der Waals surface area contributed by atoms with E-state index >= 15 is 0 Å². The highest BCUT2D eigenvalue weighted by Crippen LogP contribution is 2.16. The minimum absolute atomic E-state index is 0.141. The van der Waals surface area contributed by atoms with Gasteiger partial charge in [0.05, 0.1) is 12.7 Å². The number of carboxylic acid groups (broad SMARTS) is 1. The second-order valence-corrected chi connectivity index (χ2v) is 6.11. The molecule has 0 unspecified atom stereocenters. The molecule has 0 spiro atoms. The minimum atomic E-state index is -0.994. The lowest BCUT2D eigenvalue weighted by Crippen LogP contribution is -2.23. The first-order valence-corrected chi connectivity index (χ1v) is 8.00. The lowest BCUT2D eigenvalue weighted by molar-refractivity contribution is 0.0688. The Hall–Kier alpha value is -2.51. The molecular formula is C16H16N4O2S. The van der Waals surface area contributed by atoms with Crippen LogP contribution in [0, 0.1) is 0 Å². The largest absolute Gasteiger partial charge is 0.477 e. The second kappa shape index (κ2) is 7.17. The van der Waals surface area contributed by atoms with Gasteiger partial charge in [-0.3, -0.25) is 10.00 Å². The Bertz CT molecular complexity index is 756. The molecule has 2 heterocycles. The van der Waals surface area contributed by atoms with E-state index in [1.165, 1.54) is 5.56 Å². The van der Waals surface area contributed by atoms with E-state index in [2.05, 4.69) is 32.2 Å². The van der Waals surface area contributed by atoms with E-state index in [1.54, 1.807) is 23.7 Å². The molecule has 2 N–H and O–H groups in total. The first-order chi connectivity index (χ1) is 11.2. The van der Waals surface area contributed by atoms with Crippen LogP contribution >= 0.6 is 11.3 Å². The van der Waals surface area contributed by atoms with E-state index in [0.29, 0.717) is 25.2 Å². The van der Waals surface area contributed by atoms with E-state index in [1.807, 2.05) is 23.6 Å². The van der Waals surface area contributed by atoms with Crippen molar-refractivity contribution in [3.8, 4) is 0 Å². The summed E-state index contributed by atoms with van der Waals surface area (Å²) < 4.78 is 0. The molecule has 0 aliphatic heterocycles. The Kier molecular flexibility index (Phi) is 4.80. The van der Waals surface area contributed by atoms with Crippen molar-refractivity contribution in [1.29, 1.82) is 0 Å². The average molecular weight is 328 g/mol. The van der Waals surface area contributed by atoms with E-state index in [4.69, 9.17) is 0 Å². The van der Waals surface area contributed by atoms with Crippen molar-refractivity contribution in [1.82, 2.24) is 20.1 Å². The molecule has 1 aromatic carbocycles. The van der Waals surface area contributed by atoms with Crippen molar-refractivity contribution >= 4 is 17.3 Å². The summed E-state index contributed by atoms with van der Waals surface area (Å²) in [6.45, 7) is 1.87. The lowest BCUT2D eigenvalue weighted by Gasteiger charge is -2.21. The Morgan fingerprint density at radius 2 is 2.04 bits per heavy atom. The summed E-state index contributed by atoms with van der Waals surface area (Å²) in [5, 5.41) is 18.6. The zero-order valence-electron chi connectivity index (χ0n) is 12.3. The van der Waals surface area contributed by atoms with Crippen LogP contribution in [-0.4, -0.2) is 31.2 Å². The number of nitrogens with one attached hydrogen (secondary N) is 1. The fourth-order valence-electron chi connectivity index (χ4n) is 2.39. The minimum Gasteiger partial charge on any atom is -0.477 e. The van der Waals surface area contributed by atoms with Crippen LogP contribution < -0.4 is 0 Å². The van der Waals surface area contributed by atoms with Gasteiger partial charge in [0.15, 0.2) is 0 Å². The van der Waals surface area contributed by atoms with Gasteiger partial charge in [-0.2, -0.15) is 5.10 Å². The molecule has 0 amide bonds. The van der Waals surface area contributed by atoms with Crippen LogP contribution in [-0.2, 0) is 19.6 Å². The number of benzene rings is 1. The molecule has 0 atom stereocenters. The summed E-state index contributed by atoms with van der Waals surface area (Å²) in [5.41, 5.74) is 1.98. The molecular weight excluding hydrogens is 312 g/mol. The third kappa shape index (κ3) is 4.02. The summed E-state index contributed by atoms with van der Waals surface area (Å²) in [6, 6.07) is 10.1. The van der Waals surface area contributed by atoms with E-state index in [-0.39, 0.29) is 5.69 Å². The molecule has 0 saturated heterocycles. The molecule has 3 rings (SSSR count). The first-order valence-electron chi connectivity index (χ1n) is 7.12. The van der Waals surface area contributed by atoms with Gasteiger partial charge in [-0.05, 0) is 5.56 Å². The van der Waals surface area contributed by atoms with Gasteiger partial charge in [-0.25, -0.2) is 9.78 Å². The number of aromatic nitrogens is 3. The second-order valence-electron chi connectivity index (χ2n) is 5.13. The van der Waals surface area contributed by atoms with Crippen LogP contribution in [0.4, 0.5) is 0 Å². The predicted octanol–water partition coefficient (Wildman–Crippen LogP) is 2.77. The van der Waals surface area contributed by atoms with Crippen molar-refractivity contribution in [2.24, 2.45) is 0 Å². The van der Waals surface area contributed by atoms with Crippen LogP contribution in [0.3, 0.4) is 0 Å². The standard InChI is InChI=1S/C16H16N4O2S/c21-16(22)15-13(8-18-19-15)10-20(11-14-17-6-7-23-14)9-12-4-2-1-3-5-12/h1-8H,9-11H2,(H,18,19)(H,21,22). The van der Waals surface area contributed by atoms with Gasteiger partial charge in [-0.15, -0.1) is 11.3 Å². The Morgan fingerprint density at radius 1 is 1.22 bits per heavy atom. The maximum atomic E-state index is 11.2. The molecule has 2 aromatic heterocycles. The molecule has 0 aliphatic carbocycles. The number of rotatable bonds is 7. The summed E-state index contributed by atoms with van der Waals surface area (Å²) in [4.78, 5) is 17.7. The molecule has 0 radical (unpaired) electrons. The fourth-order valence-corrected chi connectivity index (χ4v) is 3.05. The first kappa shape index (κ1) is 15.4. The average Bonchev–Trinajstić information content (AvgIpc) is 3.20.